The Balaban J connectivity index is 1.51. The summed E-state index contributed by atoms with van der Waals surface area (Å²) in [5, 5.41) is 0.768. The molecule has 0 saturated heterocycles. The topological polar surface area (TPSA) is 80.4 Å². The van der Waals surface area contributed by atoms with Crippen LogP contribution in [0.3, 0.4) is 0 Å². The predicted octanol–water partition coefficient (Wildman–Crippen LogP) is 2.87. The monoisotopic (exact) mass is 376 g/mol. The number of rotatable bonds is 5. The normalized spacial score (nSPS) is 13.5. The van der Waals surface area contributed by atoms with Crippen LogP contribution >= 0.6 is 0 Å². The van der Waals surface area contributed by atoms with E-state index in [-0.39, 0.29) is 24.1 Å². The van der Waals surface area contributed by atoms with Crippen molar-refractivity contribution in [2.24, 2.45) is 0 Å². The molecule has 136 valence electrons. The second-order valence-corrected chi connectivity index (χ2v) is 7.85. The summed E-state index contributed by atoms with van der Waals surface area (Å²) in [5.41, 5.74) is 2.62. The molecule has 1 aliphatic rings. The Hall–Kier alpha value is -2.58. The highest BCUT2D eigenvalue weighted by molar-refractivity contribution is 7.89. The third-order valence-corrected chi connectivity index (χ3v) is 5.86. The second-order valence-electron chi connectivity index (χ2n) is 6.08. The number of sulfonamides is 1. The smallest absolute Gasteiger partial charge is 0.240 e. The fraction of sp³-hybridized carbons (Fsp3) is 0.222. The molecule has 0 fully saturated rings. The Morgan fingerprint density at radius 2 is 1.96 bits per heavy atom. The van der Waals surface area contributed by atoms with Gasteiger partial charge in [-0.2, -0.15) is 0 Å². The lowest BCUT2D eigenvalue weighted by Crippen LogP contribution is -2.26. The molecule has 4 rings (SSSR count). The number of ether oxygens (including phenoxy) is 2. The lowest BCUT2D eigenvalue weighted by atomic mass is 10.1. The van der Waals surface area contributed by atoms with E-state index >= 15 is 0 Å². The number of hydrogen-bond acceptors (Lipinski definition) is 4. The van der Waals surface area contributed by atoms with Crippen molar-refractivity contribution in [3.8, 4) is 11.5 Å². The molecule has 0 saturated carbocycles. The fourth-order valence-corrected chi connectivity index (χ4v) is 4.16. The van der Waals surface area contributed by atoms with Gasteiger partial charge in [0.25, 0.3) is 0 Å². The standard InChI is InChI=1S/C18H17FN2O4S/c1-11-14(15-8-12(19)2-4-16(15)21-11)6-7-20-26(22,23)13-3-5-17-18(9-13)25-10-24-17/h2-5,8-9,20-21H,6-7,10H2,1H3. The SMILES string of the molecule is Cc1[nH]c2ccc(F)cc2c1CCNS(=O)(=O)c1ccc2c(c1)OCO2. The van der Waals surface area contributed by atoms with Gasteiger partial charge in [-0.3, -0.25) is 0 Å². The largest absolute Gasteiger partial charge is 0.454 e. The van der Waals surface area contributed by atoms with E-state index in [1.807, 2.05) is 6.92 Å². The molecule has 1 aromatic heterocycles. The third-order valence-electron chi connectivity index (χ3n) is 4.40. The van der Waals surface area contributed by atoms with E-state index < -0.39 is 10.0 Å². The van der Waals surface area contributed by atoms with Crippen LogP contribution in [0.1, 0.15) is 11.3 Å². The van der Waals surface area contributed by atoms with Crippen LogP contribution in [0.15, 0.2) is 41.3 Å². The van der Waals surface area contributed by atoms with Crippen LogP contribution in [-0.2, 0) is 16.4 Å². The average Bonchev–Trinajstić information content (AvgIpc) is 3.19. The van der Waals surface area contributed by atoms with Crippen LogP contribution in [0, 0.1) is 12.7 Å². The van der Waals surface area contributed by atoms with E-state index in [4.69, 9.17) is 9.47 Å². The predicted molar refractivity (Wildman–Crippen MR) is 94.5 cm³/mol. The van der Waals surface area contributed by atoms with Crippen molar-refractivity contribution in [1.82, 2.24) is 9.71 Å². The lowest BCUT2D eigenvalue weighted by molar-refractivity contribution is 0.174. The molecular weight excluding hydrogens is 359 g/mol. The van der Waals surface area contributed by atoms with Gasteiger partial charge in [-0.25, -0.2) is 17.5 Å². The molecule has 2 aromatic carbocycles. The molecule has 0 atom stereocenters. The van der Waals surface area contributed by atoms with Gasteiger partial charge in [0.15, 0.2) is 11.5 Å². The third kappa shape index (κ3) is 3.02. The molecule has 0 spiro atoms. The Morgan fingerprint density at radius 1 is 1.15 bits per heavy atom. The van der Waals surface area contributed by atoms with Crippen molar-refractivity contribution in [3.63, 3.8) is 0 Å². The van der Waals surface area contributed by atoms with Crippen LogP contribution in [0.4, 0.5) is 4.39 Å². The Labute approximate surface area is 150 Å². The van der Waals surface area contributed by atoms with Crippen LogP contribution < -0.4 is 14.2 Å². The molecule has 0 bridgehead atoms. The minimum absolute atomic E-state index is 0.0860. The van der Waals surface area contributed by atoms with Crippen molar-refractivity contribution in [3.05, 3.63) is 53.5 Å². The summed E-state index contributed by atoms with van der Waals surface area (Å²) in [6.45, 7) is 2.17. The summed E-state index contributed by atoms with van der Waals surface area (Å²) < 4.78 is 51.5. The quantitative estimate of drug-likeness (QED) is 0.718. The van der Waals surface area contributed by atoms with Gasteiger partial charge in [0, 0.05) is 29.2 Å². The molecule has 2 heterocycles. The van der Waals surface area contributed by atoms with E-state index in [1.165, 1.54) is 24.3 Å². The number of nitrogens with one attached hydrogen (secondary N) is 2. The molecule has 6 nitrogen and oxygen atoms in total. The van der Waals surface area contributed by atoms with Crippen molar-refractivity contribution in [1.29, 1.82) is 0 Å². The Kier molecular flexibility index (Phi) is 4.08. The maximum absolute atomic E-state index is 13.5. The summed E-state index contributed by atoms with van der Waals surface area (Å²) in [4.78, 5) is 3.30. The van der Waals surface area contributed by atoms with Crippen molar-refractivity contribution < 1.29 is 22.3 Å². The minimum Gasteiger partial charge on any atom is -0.454 e. The molecule has 0 aliphatic carbocycles. The van der Waals surface area contributed by atoms with Gasteiger partial charge in [-0.05, 0) is 49.2 Å². The molecule has 3 aromatic rings. The molecule has 0 unspecified atom stereocenters. The Morgan fingerprint density at radius 3 is 2.81 bits per heavy atom. The molecule has 8 heteroatoms. The van der Waals surface area contributed by atoms with Gasteiger partial charge in [0.1, 0.15) is 5.82 Å². The average molecular weight is 376 g/mol. The Bertz CT molecular complexity index is 1090. The molecule has 1 aliphatic heterocycles. The first-order valence-electron chi connectivity index (χ1n) is 8.10. The molecular formula is C18H17FN2O4S. The number of aryl methyl sites for hydroxylation is 1. The summed E-state index contributed by atoms with van der Waals surface area (Å²) in [5.74, 6) is 0.620. The van der Waals surface area contributed by atoms with Crippen LogP contribution in [0.25, 0.3) is 10.9 Å². The van der Waals surface area contributed by atoms with E-state index in [2.05, 4.69) is 9.71 Å². The first kappa shape index (κ1) is 16.9. The number of halogens is 1. The van der Waals surface area contributed by atoms with Gasteiger partial charge < -0.3 is 14.5 Å². The van der Waals surface area contributed by atoms with E-state index in [1.54, 1.807) is 12.1 Å². The highest BCUT2D eigenvalue weighted by Gasteiger charge is 2.20. The summed E-state index contributed by atoms with van der Waals surface area (Å²) >= 11 is 0. The van der Waals surface area contributed by atoms with Gasteiger partial charge in [-0.15, -0.1) is 0 Å². The zero-order chi connectivity index (χ0) is 18.3. The van der Waals surface area contributed by atoms with E-state index in [0.717, 1.165) is 22.2 Å². The number of fused-ring (bicyclic) bond motifs is 2. The summed E-state index contributed by atoms with van der Waals surface area (Å²) in [6.07, 6.45) is 0.444. The minimum atomic E-state index is -3.68. The van der Waals surface area contributed by atoms with Crippen molar-refractivity contribution >= 4 is 20.9 Å². The summed E-state index contributed by atoms with van der Waals surface area (Å²) in [6, 6.07) is 9.02. The van der Waals surface area contributed by atoms with Gasteiger partial charge in [0.05, 0.1) is 4.90 Å². The highest BCUT2D eigenvalue weighted by atomic mass is 32.2. The van der Waals surface area contributed by atoms with E-state index in [0.29, 0.717) is 17.9 Å². The van der Waals surface area contributed by atoms with Crippen molar-refractivity contribution in [2.45, 2.75) is 18.2 Å². The number of benzene rings is 2. The van der Waals surface area contributed by atoms with Gasteiger partial charge >= 0.3 is 0 Å². The molecule has 26 heavy (non-hydrogen) atoms. The number of aromatic nitrogens is 1. The van der Waals surface area contributed by atoms with Crippen LogP contribution in [0.2, 0.25) is 0 Å². The number of H-pyrrole nitrogens is 1. The highest BCUT2D eigenvalue weighted by Crippen LogP contribution is 2.33. The maximum Gasteiger partial charge on any atom is 0.240 e. The second kappa shape index (κ2) is 6.30. The first-order valence-corrected chi connectivity index (χ1v) is 9.58. The van der Waals surface area contributed by atoms with Gasteiger partial charge in [0.2, 0.25) is 16.8 Å². The van der Waals surface area contributed by atoms with Gasteiger partial charge in [-0.1, -0.05) is 0 Å². The molecule has 2 N–H and O–H groups in total. The van der Waals surface area contributed by atoms with Crippen molar-refractivity contribution in [2.75, 3.05) is 13.3 Å². The molecule has 0 radical (unpaired) electrons. The van der Waals surface area contributed by atoms with Crippen LogP contribution in [-0.4, -0.2) is 26.7 Å². The summed E-state index contributed by atoms with van der Waals surface area (Å²) in [7, 11) is -3.68. The maximum atomic E-state index is 13.5. The van der Waals surface area contributed by atoms with Crippen LogP contribution in [0.5, 0.6) is 11.5 Å². The fourth-order valence-electron chi connectivity index (χ4n) is 3.11. The number of aromatic amines is 1. The number of hydrogen-bond donors (Lipinski definition) is 2. The molecule has 0 amide bonds. The van der Waals surface area contributed by atoms with E-state index in [9.17, 15) is 12.8 Å². The zero-order valence-electron chi connectivity index (χ0n) is 14.0. The lowest BCUT2D eigenvalue weighted by Gasteiger charge is -2.08. The zero-order valence-corrected chi connectivity index (χ0v) is 14.8. The first-order chi connectivity index (χ1) is 12.4.